The van der Waals surface area contributed by atoms with Gasteiger partial charge in [-0.25, -0.2) is 0 Å². The van der Waals surface area contributed by atoms with Crippen molar-refractivity contribution in [1.82, 2.24) is 5.32 Å². The van der Waals surface area contributed by atoms with Crippen molar-refractivity contribution < 1.29 is 0 Å². The van der Waals surface area contributed by atoms with Crippen LogP contribution in [0.25, 0.3) is 6.08 Å². The van der Waals surface area contributed by atoms with Gasteiger partial charge in [0.05, 0.1) is 0 Å². The second-order valence-corrected chi connectivity index (χ2v) is 5.55. The van der Waals surface area contributed by atoms with Crippen LogP contribution in [0.3, 0.4) is 0 Å². The van der Waals surface area contributed by atoms with E-state index in [0.717, 1.165) is 5.70 Å². The van der Waals surface area contributed by atoms with E-state index in [2.05, 4.69) is 87.3 Å². The van der Waals surface area contributed by atoms with Crippen molar-refractivity contribution in [1.29, 1.82) is 0 Å². The Bertz CT molecular complexity index is 652. The highest BCUT2D eigenvalue weighted by Gasteiger charge is 2.04. The fourth-order valence-corrected chi connectivity index (χ4v) is 2.32. The highest BCUT2D eigenvalue weighted by atomic mass is 14.9. The molecule has 1 heteroatoms. The average Bonchev–Trinajstić information content (AvgIpc) is 2.45. The average molecular weight is 277 g/mol. The standard InChI is InChI=1S/C20H23N/c1-15-7-5-9-19(13-15)12-11-17(3)21-18(4)20-10-6-8-16(2)14-20/h5-14,18,21H,3H2,1-2,4H3/b12-11+. The summed E-state index contributed by atoms with van der Waals surface area (Å²) in [6, 6.07) is 17.2. The molecule has 0 heterocycles. The van der Waals surface area contributed by atoms with Gasteiger partial charge in [-0.3, -0.25) is 0 Å². The maximum atomic E-state index is 4.08. The van der Waals surface area contributed by atoms with E-state index < -0.39 is 0 Å². The van der Waals surface area contributed by atoms with Crippen LogP contribution in [0.15, 0.2) is 66.9 Å². The largest absolute Gasteiger partial charge is 0.379 e. The number of benzene rings is 2. The van der Waals surface area contributed by atoms with Gasteiger partial charge < -0.3 is 5.32 Å². The van der Waals surface area contributed by atoms with E-state index in [0.29, 0.717) is 0 Å². The third-order valence-electron chi connectivity index (χ3n) is 3.46. The van der Waals surface area contributed by atoms with Crippen molar-refractivity contribution in [3.05, 3.63) is 89.1 Å². The maximum Gasteiger partial charge on any atom is 0.0485 e. The van der Waals surface area contributed by atoms with Crippen LogP contribution in [0.4, 0.5) is 0 Å². The summed E-state index contributed by atoms with van der Waals surface area (Å²) >= 11 is 0. The summed E-state index contributed by atoms with van der Waals surface area (Å²) in [5, 5.41) is 3.43. The Balaban J connectivity index is 1.98. The zero-order chi connectivity index (χ0) is 15.2. The molecule has 0 radical (unpaired) electrons. The van der Waals surface area contributed by atoms with E-state index in [-0.39, 0.29) is 6.04 Å². The number of aryl methyl sites for hydroxylation is 2. The van der Waals surface area contributed by atoms with Crippen LogP contribution in [0.5, 0.6) is 0 Å². The topological polar surface area (TPSA) is 12.0 Å². The van der Waals surface area contributed by atoms with Crippen LogP contribution >= 0.6 is 0 Å². The molecule has 0 saturated carbocycles. The van der Waals surface area contributed by atoms with Crippen LogP contribution in [0.2, 0.25) is 0 Å². The Hall–Kier alpha value is -2.28. The fraction of sp³-hybridized carbons (Fsp3) is 0.200. The lowest BCUT2D eigenvalue weighted by Crippen LogP contribution is -2.16. The summed E-state index contributed by atoms with van der Waals surface area (Å²) in [5.74, 6) is 0. The minimum atomic E-state index is 0.250. The normalized spacial score (nSPS) is 12.3. The van der Waals surface area contributed by atoms with Gasteiger partial charge in [0.25, 0.3) is 0 Å². The van der Waals surface area contributed by atoms with E-state index in [1.54, 1.807) is 0 Å². The van der Waals surface area contributed by atoms with Crippen molar-refractivity contribution in [2.75, 3.05) is 0 Å². The zero-order valence-corrected chi connectivity index (χ0v) is 13.1. The Morgan fingerprint density at radius 3 is 2.38 bits per heavy atom. The van der Waals surface area contributed by atoms with Crippen molar-refractivity contribution in [3.8, 4) is 0 Å². The molecule has 1 unspecified atom stereocenters. The molecular weight excluding hydrogens is 254 g/mol. The van der Waals surface area contributed by atoms with Gasteiger partial charge in [-0.2, -0.15) is 0 Å². The summed E-state index contributed by atoms with van der Waals surface area (Å²) in [5.41, 5.74) is 5.94. The van der Waals surface area contributed by atoms with Gasteiger partial charge in [-0.1, -0.05) is 72.3 Å². The second kappa shape index (κ2) is 6.94. The van der Waals surface area contributed by atoms with Gasteiger partial charge in [-0.05, 0) is 38.0 Å². The first kappa shape index (κ1) is 15.1. The zero-order valence-electron chi connectivity index (χ0n) is 13.1. The van der Waals surface area contributed by atoms with E-state index in [4.69, 9.17) is 0 Å². The lowest BCUT2D eigenvalue weighted by Gasteiger charge is -2.16. The predicted molar refractivity (Wildman–Crippen MR) is 92.1 cm³/mol. The van der Waals surface area contributed by atoms with Crippen molar-refractivity contribution >= 4 is 6.08 Å². The highest BCUT2D eigenvalue weighted by molar-refractivity contribution is 5.53. The molecule has 0 saturated heterocycles. The predicted octanol–water partition coefficient (Wildman–Crippen LogP) is 5.18. The number of hydrogen-bond acceptors (Lipinski definition) is 1. The highest BCUT2D eigenvalue weighted by Crippen LogP contribution is 2.15. The summed E-state index contributed by atoms with van der Waals surface area (Å²) in [7, 11) is 0. The first-order valence-corrected chi connectivity index (χ1v) is 7.31. The molecule has 0 fully saturated rings. The van der Waals surface area contributed by atoms with E-state index in [1.165, 1.54) is 22.3 Å². The summed E-state index contributed by atoms with van der Waals surface area (Å²) in [6.45, 7) is 10.5. The van der Waals surface area contributed by atoms with Gasteiger partial charge in [-0.15, -0.1) is 0 Å². The number of rotatable bonds is 5. The Morgan fingerprint density at radius 2 is 1.71 bits per heavy atom. The Labute approximate surface area is 128 Å². The Morgan fingerprint density at radius 1 is 1.05 bits per heavy atom. The molecule has 1 N–H and O–H groups in total. The van der Waals surface area contributed by atoms with Gasteiger partial charge in [0.15, 0.2) is 0 Å². The summed E-state index contributed by atoms with van der Waals surface area (Å²) in [6.07, 6.45) is 4.12. The number of nitrogens with one attached hydrogen (secondary N) is 1. The number of hydrogen-bond donors (Lipinski definition) is 1. The van der Waals surface area contributed by atoms with Crippen molar-refractivity contribution in [2.24, 2.45) is 0 Å². The molecule has 0 aliphatic carbocycles. The molecule has 108 valence electrons. The van der Waals surface area contributed by atoms with Crippen LogP contribution < -0.4 is 5.32 Å². The van der Waals surface area contributed by atoms with E-state index >= 15 is 0 Å². The van der Waals surface area contributed by atoms with Crippen molar-refractivity contribution in [3.63, 3.8) is 0 Å². The first-order chi connectivity index (χ1) is 10.0. The van der Waals surface area contributed by atoms with Crippen LogP contribution in [-0.2, 0) is 0 Å². The molecule has 1 atom stereocenters. The van der Waals surface area contributed by atoms with Crippen LogP contribution in [0, 0.1) is 13.8 Å². The maximum absolute atomic E-state index is 4.08. The Kier molecular flexibility index (Phi) is 4.99. The van der Waals surface area contributed by atoms with Gasteiger partial charge in [0.1, 0.15) is 0 Å². The summed E-state index contributed by atoms with van der Waals surface area (Å²) < 4.78 is 0. The molecule has 2 rings (SSSR count). The van der Waals surface area contributed by atoms with Crippen LogP contribution in [0.1, 0.15) is 35.2 Å². The molecule has 21 heavy (non-hydrogen) atoms. The molecule has 0 bridgehead atoms. The SMILES string of the molecule is C=C(/C=C/c1cccc(C)c1)NC(C)c1cccc(C)c1. The van der Waals surface area contributed by atoms with Gasteiger partial charge >= 0.3 is 0 Å². The molecule has 0 aliphatic heterocycles. The lowest BCUT2D eigenvalue weighted by molar-refractivity contribution is 0.667. The molecule has 0 aromatic heterocycles. The molecule has 2 aromatic rings. The van der Waals surface area contributed by atoms with Gasteiger partial charge in [0, 0.05) is 11.7 Å². The van der Waals surface area contributed by atoms with E-state index in [9.17, 15) is 0 Å². The fourth-order valence-electron chi connectivity index (χ4n) is 2.32. The lowest BCUT2D eigenvalue weighted by atomic mass is 10.1. The third-order valence-corrected chi connectivity index (χ3v) is 3.46. The molecular formula is C20H23N. The van der Waals surface area contributed by atoms with Crippen LogP contribution in [-0.4, -0.2) is 0 Å². The minimum absolute atomic E-state index is 0.250. The quantitative estimate of drug-likeness (QED) is 0.742. The molecule has 0 amide bonds. The molecule has 0 aliphatic rings. The van der Waals surface area contributed by atoms with Crippen molar-refractivity contribution in [2.45, 2.75) is 26.8 Å². The third kappa shape index (κ3) is 4.64. The van der Waals surface area contributed by atoms with E-state index in [1.807, 2.05) is 6.08 Å². The van der Waals surface area contributed by atoms with Gasteiger partial charge in [0.2, 0.25) is 0 Å². The number of allylic oxidation sites excluding steroid dienone is 1. The molecule has 2 aromatic carbocycles. The smallest absolute Gasteiger partial charge is 0.0485 e. The minimum Gasteiger partial charge on any atom is -0.379 e. The molecule has 1 nitrogen and oxygen atoms in total. The first-order valence-electron chi connectivity index (χ1n) is 7.31. The molecule has 0 spiro atoms. The second-order valence-electron chi connectivity index (χ2n) is 5.55. The summed E-state index contributed by atoms with van der Waals surface area (Å²) in [4.78, 5) is 0. The monoisotopic (exact) mass is 277 g/mol.